The van der Waals surface area contributed by atoms with Gasteiger partial charge in [0.2, 0.25) is 5.91 Å². The third-order valence-electron chi connectivity index (χ3n) is 4.40. The SMILES string of the molecule is CCCC(=O)Nc1cccc(CNC(=NC)NCc2cc(F)ccc2CS(C)(=O)=O)c1.I. The minimum absolute atomic E-state index is 0. The summed E-state index contributed by atoms with van der Waals surface area (Å²) in [5.41, 5.74) is 2.77. The fourth-order valence-electron chi connectivity index (χ4n) is 2.98. The van der Waals surface area contributed by atoms with Crippen LogP contribution >= 0.6 is 24.0 Å². The summed E-state index contributed by atoms with van der Waals surface area (Å²) in [4.78, 5) is 15.9. The first-order valence-corrected chi connectivity index (χ1v) is 12.0. The van der Waals surface area contributed by atoms with E-state index in [4.69, 9.17) is 0 Å². The van der Waals surface area contributed by atoms with Crippen molar-refractivity contribution >= 4 is 51.4 Å². The zero-order valence-electron chi connectivity index (χ0n) is 18.4. The van der Waals surface area contributed by atoms with Crippen LogP contribution in [-0.2, 0) is 33.5 Å². The van der Waals surface area contributed by atoms with Crippen LogP contribution in [0.3, 0.4) is 0 Å². The van der Waals surface area contributed by atoms with E-state index < -0.39 is 15.7 Å². The van der Waals surface area contributed by atoms with Gasteiger partial charge in [0.1, 0.15) is 5.82 Å². The number of benzene rings is 2. The second-order valence-electron chi connectivity index (χ2n) is 7.26. The lowest BCUT2D eigenvalue weighted by Gasteiger charge is -2.15. The standard InChI is InChI=1S/C22H29FN4O3S.HI/c1-4-6-21(28)27-20-8-5-7-16(11-20)13-25-22(24-2)26-14-18-12-19(23)10-9-17(18)15-31(3,29)30;/h5,7-12H,4,6,13-15H2,1-3H3,(H,27,28)(H2,24,25,26);1H. The van der Waals surface area contributed by atoms with Gasteiger partial charge in [-0.15, -0.1) is 24.0 Å². The summed E-state index contributed by atoms with van der Waals surface area (Å²) in [6, 6.07) is 11.6. The van der Waals surface area contributed by atoms with Crippen LogP contribution < -0.4 is 16.0 Å². The third kappa shape index (κ3) is 9.94. The number of anilines is 1. The zero-order valence-corrected chi connectivity index (χ0v) is 21.6. The van der Waals surface area contributed by atoms with Gasteiger partial charge in [0.25, 0.3) is 0 Å². The fourth-order valence-corrected chi connectivity index (χ4v) is 3.82. The first-order valence-electron chi connectivity index (χ1n) is 9.98. The first kappa shape index (κ1) is 27.8. The Morgan fingerprint density at radius 3 is 2.44 bits per heavy atom. The van der Waals surface area contributed by atoms with E-state index in [0.717, 1.165) is 23.9 Å². The Kier molecular flexibility index (Phi) is 11.6. The van der Waals surface area contributed by atoms with Crippen molar-refractivity contribution in [3.8, 4) is 0 Å². The molecule has 0 atom stereocenters. The first-order chi connectivity index (χ1) is 14.7. The highest BCUT2D eigenvalue weighted by atomic mass is 127. The number of guanidine groups is 1. The molecular weight excluding hydrogens is 546 g/mol. The van der Waals surface area contributed by atoms with Crippen LogP contribution in [0.4, 0.5) is 10.1 Å². The minimum Gasteiger partial charge on any atom is -0.352 e. The van der Waals surface area contributed by atoms with E-state index in [9.17, 15) is 17.6 Å². The summed E-state index contributed by atoms with van der Waals surface area (Å²) in [5.74, 6) is -0.133. The summed E-state index contributed by atoms with van der Waals surface area (Å²) >= 11 is 0. The van der Waals surface area contributed by atoms with Crippen molar-refractivity contribution in [2.75, 3.05) is 18.6 Å². The third-order valence-corrected chi connectivity index (χ3v) is 5.24. The highest BCUT2D eigenvalue weighted by molar-refractivity contribution is 14.0. The molecule has 176 valence electrons. The van der Waals surface area contributed by atoms with Gasteiger partial charge in [-0.2, -0.15) is 0 Å². The van der Waals surface area contributed by atoms with Gasteiger partial charge in [0.05, 0.1) is 5.75 Å². The van der Waals surface area contributed by atoms with E-state index in [-0.39, 0.29) is 42.2 Å². The van der Waals surface area contributed by atoms with Crippen LogP contribution in [0.25, 0.3) is 0 Å². The van der Waals surface area contributed by atoms with Crippen molar-refractivity contribution in [1.29, 1.82) is 0 Å². The highest BCUT2D eigenvalue weighted by Crippen LogP contribution is 2.15. The zero-order chi connectivity index (χ0) is 22.9. The molecule has 0 heterocycles. The number of sulfone groups is 1. The number of aliphatic imine (C=N–C) groups is 1. The molecule has 0 unspecified atom stereocenters. The van der Waals surface area contributed by atoms with Crippen molar-refractivity contribution in [3.05, 3.63) is 65.0 Å². The predicted molar refractivity (Wildman–Crippen MR) is 137 cm³/mol. The largest absolute Gasteiger partial charge is 0.352 e. The molecule has 2 aromatic carbocycles. The second kappa shape index (κ2) is 13.4. The van der Waals surface area contributed by atoms with Gasteiger partial charge in [-0.3, -0.25) is 9.79 Å². The smallest absolute Gasteiger partial charge is 0.224 e. The Labute approximate surface area is 206 Å². The molecule has 3 N–H and O–H groups in total. The molecule has 0 saturated heterocycles. The molecule has 10 heteroatoms. The van der Waals surface area contributed by atoms with E-state index >= 15 is 0 Å². The molecular formula is C22H30FIN4O3S. The maximum Gasteiger partial charge on any atom is 0.224 e. The normalized spacial score (nSPS) is 11.4. The summed E-state index contributed by atoms with van der Waals surface area (Å²) in [5, 5.41) is 9.10. The number of nitrogens with zero attached hydrogens (tertiary/aromatic N) is 1. The van der Waals surface area contributed by atoms with Crippen molar-refractivity contribution in [1.82, 2.24) is 10.6 Å². The molecule has 0 saturated carbocycles. The average molecular weight is 576 g/mol. The van der Waals surface area contributed by atoms with Gasteiger partial charge in [-0.1, -0.05) is 25.1 Å². The van der Waals surface area contributed by atoms with Crippen LogP contribution in [0.2, 0.25) is 0 Å². The number of rotatable bonds is 9. The molecule has 0 aromatic heterocycles. The molecule has 2 rings (SSSR count). The van der Waals surface area contributed by atoms with Crippen molar-refractivity contribution in [3.63, 3.8) is 0 Å². The number of halogens is 2. The maximum absolute atomic E-state index is 13.7. The van der Waals surface area contributed by atoms with E-state index in [1.54, 1.807) is 7.05 Å². The molecule has 0 aliphatic rings. The fraction of sp³-hybridized carbons (Fsp3) is 0.364. The Bertz CT molecular complexity index is 1050. The number of carbonyl (C=O) groups is 1. The second-order valence-corrected chi connectivity index (χ2v) is 9.40. The number of carbonyl (C=O) groups excluding carboxylic acids is 1. The number of amides is 1. The Balaban J connectivity index is 0.00000512. The van der Waals surface area contributed by atoms with E-state index in [0.29, 0.717) is 30.1 Å². The molecule has 0 spiro atoms. The molecule has 7 nitrogen and oxygen atoms in total. The Morgan fingerprint density at radius 2 is 1.78 bits per heavy atom. The number of nitrogens with one attached hydrogen (secondary N) is 3. The topological polar surface area (TPSA) is 99.7 Å². The molecule has 0 bridgehead atoms. The number of hydrogen-bond acceptors (Lipinski definition) is 4. The molecule has 0 aliphatic heterocycles. The molecule has 0 radical (unpaired) electrons. The van der Waals surface area contributed by atoms with Gasteiger partial charge in [0.15, 0.2) is 15.8 Å². The lowest BCUT2D eigenvalue weighted by molar-refractivity contribution is -0.116. The van der Waals surface area contributed by atoms with E-state index in [1.165, 1.54) is 18.2 Å². The maximum atomic E-state index is 13.7. The van der Waals surface area contributed by atoms with Crippen LogP contribution in [0.5, 0.6) is 0 Å². The molecule has 0 aliphatic carbocycles. The summed E-state index contributed by atoms with van der Waals surface area (Å²) in [6.45, 7) is 2.62. The monoisotopic (exact) mass is 576 g/mol. The van der Waals surface area contributed by atoms with Gasteiger partial charge in [-0.25, -0.2) is 12.8 Å². The van der Waals surface area contributed by atoms with Gasteiger partial charge >= 0.3 is 0 Å². The van der Waals surface area contributed by atoms with E-state index in [2.05, 4.69) is 20.9 Å². The lowest BCUT2D eigenvalue weighted by atomic mass is 10.1. The van der Waals surface area contributed by atoms with Crippen LogP contribution in [0, 0.1) is 5.82 Å². The average Bonchev–Trinajstić information content (AvgIpc) is 2.69. The Hall–Kier alpha value is -2.21. The number of hydrogen-bond donors (Lipinski definition) is 3. The molecule has 1 amide bonds. The predicted octanol–water partition coefficient (Wildman–Crippen LogP) is 3.59. The van der Waals surface area contributed by atoms with Crippen molar-refractivity contribution in [2.24, 2.45) is 4.99 Å². The van der Waals surface area contributed by atoms with Crippen molar-refractivity contribution < 1.29 is 17.6 Å². The van der Waals surface area contributed by atoms with E-state index in [1.807, 2.05) is 31.2 Å². The summed E-state index contributed by atoms with van der Waals surface area (Å²) < 4.78 is 37.0. The molecule has 2 aromatic rings. The van der Waals surface area contributed by atoms with Gasteiger partial charge < -0.3 is 16.0 Å². The molecule has 32 heavy (non-hydrogen) atoms. The highest BCUT2D eigenvalue weighted by Gasteiger charge is 2.11. The summed E-state index contributed by atoms with van der Waals surface area (Å²) in [6.07, 6.45) is 2.40. The minimum atomic E-state index is -3.25. The molecule has 0 fully saturated rings. The van der Waals surface area contributed by atoms with Crippen LogP contribution in [-0.4, -0.2) is 33.6 Å². The van der Waals surface area contributed by atoms with Crippen LogP contribution in [0.15, 0.2) is 47.5 Å². The Morgan fingerprint density at radius 1 is 1.06 bits per heavy atom. The van der Waals surface area contributed by atoms with Crippen LogP contribution in [0.1, 0.15) is 36.5 Å². The lowest BCUT2D eigenvalue weighted by Crippen LogP contribution is -2.36. The van der Waals surface area contributed by atoms with Crippen molar-refractivity contribution in [2.45, 2.75) is 38.6 Å². The van der Waals surface area contributed by atoms with Gasteiger partial charge in [-0.05, 0) is 47.4 Å². The summed E-state index contributed by atoms with van der Waals surface area (Å²) in [7, 11) is -1.63. The quantitative estimate of drug-likeness (QED) is 0.241. The van der Waals surface area contributed by atoms with Gasteiger partial charge in [0, 0.05) is 38.5 Å².